The fourth-order valence-corrected chi connectivity index (χ4v) is 2.57. The first-order valence-electron chi connectivity index (χ1n) is 5.67. The Morgan fingerprint density at radius 1 is 1.44 bits per heavy atom. The molecule has 0 radical (unpaired) electrons. The van der Waals surface area contributed by atoms with E-state index in [2.05, 4.69) is 15.0 Å². The van der Waals surface area contributed by atoms with Gasteiger partial charge in [0.2, 0.25) is 10.0 Å². The first-order valence-corrected chi connectivity index (χ1v) is 7.15. The average molecular weight is 272 g/mol. The molecular weight excluding hydrogens is 252 g/mol. The normalized spacial score (nSPS) is 13.6. The second kappa shape index (κ2) is 6.12. The van der Waals surface area contributed by atoms with E-state index in [1.807, 2.05) is 25.9 Å². The Hall–Kier alpha value is -1.18. The van der Waals surface area contributed by atoms with E-state index in [0.717, 1.165) is 0 Å². The van der Waals surface area contributed by atoms with Gasteiger partial charge in [0.25, 0.3) is 0 Å². The van der Waals surface area contributed by atoms with Crippen LogP contribution in [0.3, 0.4) is 0 Å². The summed E-state index contributed by atoms with van der Waals surface area (Å²) in [6, 6.07) is 3.25. The highest BCUT2D eigenvalue weighted by Gasteiger charge is 2.19. The van der Waals surface area contributed by atoms with Crippen LogP contribution in [0.25, 0.3) is 0 Å². The molecular formula is C11H20N4O2S. The molecule has 1 atom stereocenters. The predicted molar refractivity (Wildman–Crippen MR) is 72.1 cm³/mol. The first-order chi connectivity index (χ1) is 8.38. The van der Waals surface area contributed by atoms with Gasteiger partial charge in [-0.3, -0.25) is 0 Å². The fraction of sp³-hybridized carbons (Fsp3) is 0.545. The van der Waals surface area contributed by atoms with Gasteiger partial charge in [0.05, 0.1) is 0 Å². The summed E-state index contributed by atoms with van der Waals surface area (Å²) in [7, 11) is 1.92. The van der Waals surface area contributed by atoms with Gasteiger partial charge in [0, 0.05) is 25.8 Å². The van der Waals surface area contributed by atoms with Crippen molar-refractivity contribution in [1.82, 2.24) is 14.6 Å². The van der Waals surface area contributed by atoms with E-state index >= 15 is 0 Å². The van der Waals surface area contributed by atoms with Gasteiger partial charge in [-0.25, -0.2) is 18.1 Å². The molecule has 0 bridgehead atoms. The van der Waals surface area contributed by atoms with Crippen LogP contribution in [-0.2, 0) is 10.0 Å². The van der Waals surface area contributed by atoms with Gasteiger partial charge in [-0.1, -0.05) is 0 Å². The second-order valence-corrected chi connectivity index (χ2v) is 6.00. The number of nitrogens with one attached hydrogen (secondary N) is 2. The minimum atomic E-state index is -3.53. The molecule has 1 aromatic heterocycles. The maximum atomic E-state index is 12.1. The molecule has 0 amide bonds. The van der Waals surface area contributed by atoms with Crippen molar-refractivity contribution in [1.29, 1.82) is 0 Å². The molecule has 1 aromatic rings. The molecule has 0 saturated heterocycles. The van der Waals surface area contributed by atoms with Crippen LogP contribution in [0.15, 0.2) is 23.2 Å². The maximum Gasteiger partial charge on any atom is 0.244 e. The average Bonchev–Trinajstić information content (AvgIpc) is 2.35. The number of nitrogens with zero attached hydrogens (tertiary/aromatic N) is 2. The fourth-order valence-electron chi connectivity index (χ4n) is 1.29. The molecule has 2 N–H and O–H groups in total. The van der Waals surface area contributed by atoms with Gasteiger partial charge in [-0.15, -0.1) is 0 Å². The Kier molecular flexibility index (Phi) is 5.06. The van der Waals surface area contributed by atoms with E-state index in [0.29, 0.717) is 12.4 Å². The van der Waals surface area contributed by atoms with Crippen molar-refractivity contribution >= 4 is 15.8 Å². The number of likely N-dealkylation sites (N-methyl/N-ethyl adjacent to an activating group) is 1. The van der Waals surface area contributed by atoms with Crippen molar-refractivity contribution < 1.29 is 8.42 Å². The number of anilines is 1. The summed E-state index contributed by atoms with van der Waals surface area (Å²) in [6.45, 7) is 2.30. The zero-order valence-corrected chi connectivity index (χ0v) is 12.0. The molecule has 0 aliphatic heterocycles. The third kappa shape index (κ3) is 3.66. The van der Waals surface area contributed by atoms with E-state index < -0.39 is 10.0 Å². The number of hydrogen-bond acceptors (Lipinski definition) is 5. The van der Waals surface area contributed by atoms with Gasteiger partial charge >= 0.3 is 0 Å². The monoisotopic (exact) mass is 272 g/mol. The highest BCUT2D eigenvalue weighted by molar-refractivity contribution is 7.89. The molecule has 1 rings (SSSR count). The first kappa shape index (κ1) is 14.9. The van der Waals surface area contributed by atoms with Crippen LogP contribution in [0.2, 0.25) is 0 Å². The van der Waals surface area contributed by atoms with Crippen LogP contribution >= 0.6 is 0 Å². The van der Waals surface area contributed by atoms with Crippen molar-refractivity contribution in [3.63, 3.8) is 0 Å². The highest BCUT2D eigenvalue weighted by atomic mass is 32.2. The largest absolute Gasteiger partial charge is 0.372 e. The summed E-state index contributed by atoms with van der Waals surface area (Å²) in [5, 5.41) is 2.77. The van der Waals surface area contributed by atoms with Gasteiger partial charge < -0.3 is 10.2 Å². The van der Waals surface area contributed by atoms with Crippen LogP contribution in [0, 0.1) is 0 Å². The lowest BCUT2D eigenvalue weighted by Gasteiger charge is -2.20. The summed E-state index contributed by atoms with van der Waals surface area (Å²) in [5.41, 5.74) is 0. The Balaban J connectivity index is 2.87. The topological polar surface area (TPSA) is 74.3 Å². The third-order valence-corrected chi connectivity index (χ3v) is 4.20. The van der Waals surface area contributed by atoms with E-state index in [1.54, 1.807) is 19.3 Å². The molecule has 1 heterocycles. The van der Waals surface area contributed by atoms with E-state index in [1.165, 1.54) is 6.07 Å². The van der Waals surface area contributed by atoms with Gasteiger partial charge in [0.15, 0.2) is 0 Å². The molecule has 0 spiro atoms. The van der Waals surface area contributed by atoms with Crippen LogP contribution in [0.4, 0.5) is 5.82 Å². The van der Waals surface area contributed by atoms with Crippen LogP contribution in [0.1, 0.15) is 6.92 Å². The summed E-state index contributed by atoms with van der Waals surface area (Å²) in [6.07, 6.45) is 1.55. The van der Waals surface area contributed by atoms with Crippen molar-refractivity contribution in [3.8, 4) is 0 Å². The highest BCUT2D eigenvalue weighted by Crippen LogP contribution is 2.16. The molecule has 0 saturated carbocycles. The molecule has 0 aromatic carbocycles. The smallest absolute Gasteiger partial charge is 0.244 e. The summed E-state index contributed by atoms with van der Waals surface area (Å²) in [4.78, 5) is 6.10. The minimum absolute atomic E-state index is 0.120. The van der Waals surface area contributed by atoms with Crippen molar-refractivity contribution in [2.75, 3.05) is 33.0 Å². The molecule has 102 valence electrons. The van der Waals surface area contributed by atoms with E-state index in [4.69, 9.17) is 0 Å². The Bertz CT molecular complexity index is 488. The number of rotatable bonds is 6. The van der Waals surface area contributed by atoms with Gasteiger partial charge in [0.1, 0.15) is 10.7 Å². The molecule has 6 nitrogen and oxygen atoms in total. The SMILES string of the molecule is CNc1ncccc1S(=O)(=O)NCC(C)N(C)C. The lowest BCUT2D eigenvalue weighted by atomic mass is 10.3. The summed E-state index contributed by atoms with van der Waals surface area (Å²) >= 11 is 0. The standard InChI is InChI=1S/C11H20N4O2S/c1-9(15(3)4)8-14-18(16,17)10-6-5-7-13-11(10)12-2/h5-7,9,14H,8H2,1-4H3,(H,12,13). The second-order valence-electron chi connectivity index (χ2n) is 4.26. The number of pyridine rings is 1. The zero-order chi connectivity index (χ0) is 13.8. The number of hydrogen-bond donors (Lipinski definition) is 2. The molecule has 7 heteroatoms. The van der Waals surface area contributed by atoms with Crippen LogP contribution in [-0.4, -0.2) is 52.0 Å². The summed E-state index contributed by atoms with van der Waals surface area (Å²) in [5.74, 6) is 0.350. The molecule has 0 fully saturated rings. The van der Waals surface area contributed by atoms with Gasteiger partial charge in [-0.05, 0) is 33.2 Å². The minimum Gasteiger partial charge on any atom is -0.372 e. The van der Waals surface area contributed by atoms with E-state index in [-0.39, 0.29) is 10.9 Å². The summed E-state index contributed by atoms with van der Waals surface area (Å²) < 4.78 is 26.8. The third-order valence-electron chi connectivity index (χ3n) is 2.75. The number of aromatic nitrogens is 1. The van der Waals surface area contributed by atoms with Gasteiger partial charge in [-0.2, -0.15) is 0 Å². The van der Waals surface area contributed by atoms with Crippen molar-refractivity contribution in [2.24, 2.45) is 0 Å². The molecule has 0 aliphatic carbocycles. The number of sulfonamides is 1. The lowest BCUT2D eigenvalue weighted by molar-refractivity contribution is 0.314. The Morgan fingerprint density at radius 3 is 2.67 bits per heavy atom. The lowest BCUT2D eigenvalue weighted by Crippen LogP contribution is -2.38. The Labute approximate surface area is 108 Å². The zero-order valence-electron chi connectivity index (χ0n) is 11.1. The van der Waals surface area contributed by atoms with E-state index in [9.17, 15) is 8.42 Å². The maximum absolute atomic E-state index is 12.1. The van der Waals surface area contributed by atoms with Crippen molar-refractivity contribution in [2.45, 2.75) is 17.9 Å². The molecule has 1 unspecified atom stereocenters. The quantitative estimate of drug-likeness (QED) is 0.782. The molecule has 0 aliphatic rings. The predicted octanol–water partition coefficient (Wildman–Crippen LogP) is 0.352. The Morgan fingerprint density at radius 2 is 2.11 bits per heavy atom. The molecule has 18 heavy (non-hydrogen) atoms. The van der Waals surface area contributed by atoms with Crippen LogP contribution < -0.4 is 10.0 Å². The van der Waals surface area contributed by atoms with Crippen molar-refractivity contribution in [3.05, 3.63) is 18.3 Å². The van der Waals surface area contributed by atoms with Crippen LogP contribution in [0.5, 0.6) is 0 Å².